The summed E-state index contributed by atoms with van der Waals surface area (Å²) in [7, 11) is 1.96. The lowest BCUT2D eigenvalue weighted by atomic mass is 9.79. The fraction of sp³-hybridized carbons (Fsp3) is 0.421. The number of anilines is 2. The highest BCUT2D eigenvalue weighted by atomic mass is 16.1. The van der Waals surface area contributed by atoms with Crippen LogP contribution in [0.1, 0.15) is 31.2 Å². The van der Waals surface area contributed by atoms with Crippen LogP contribution in [0.4, 0.5) is 11.4 Å². The summed E-state index contributed by atoms with van der Waals surface area (Å²) >= 11 is 0. The SMILES string of the molecule is CNc1ccc2c(c1)CCN2C1=CC2=CC(=O)CCC2CC1. The van der Waals surface area contributed by atoms with Gasteiger partial charge in [-0.05, 0) is 73.1 Å². The van der Waals surface area contributed by atoms with Crippen LogP contribution in [0.5, 0.6) is 0 Å². The molecule has 0 aromatic heterocycles. The third kappa shape index (κ3) is 2.25. The summed E-state index contributed by atoms with van der Waals surface area (Å²) in [5.74, 6) is 0.902. The van der Waals surface area contributed by atoms with E-state index >= 15 is 0 Å². The molecule has 0 saturated heterocycles. The number of hydrogen-bond donors (Lipinski definition) is 1. The lowest BCUT2D eigenvalue weighted by molar-refractivity contribution is -0.115. The van der Waals surface area contributed by atoms with Crippen molar-refractivity contribution in [3.8, 4) is 0 Å². The predicted octanol–water partition coefficient (Wildman–Crippen LogP) is 3.67. The highest BCUT2D eigenvalue weighted by Gasteiger charge is 2.28. The summed E-state index contributed by atoms with van der Waals surface area (Å²) < 4.78 is 0. The van der Waals surface area contributed by atoms with Gasteiger partial charge in [0.05, 0.1) is 0 Å². The molecule has 3 nitrogen and oxygen atoms in total. The Kier molecular flexibility index (Phi) is 3.29. The number of ketones is 1. The number of nitrogens with zero attached hydrogens (tertiary/aromatic N) is 1. The Morgan fingerprint density at radius 1 is 1.14 bits per heavy atom. The second kappa shape index (κ2) is 5.31. The molecular weight excluding hydrogens is 272 g/mol. The first kappa shape index (κ1) is 13.6. The summed E-state index contributed by atoms with van der Waals surface area (Å²) in [4.78, 5) is 14.1. The van der Waals surface area contributed by atoms with Gasteiger partial charge in [0.1, 0.15) is 0 Å². The lowest BCUT2D eigenvalue weighted by Gasteiger charge is -2.32. The van der Waals surface area contributed by atoms with Crippen molar-refractivity contribution in [1.82, 2.24) is 0 Å². The smallest absolute Gasteiger partial charge is 0.155 e. The third-order valence-corrected chi connectivity index (χ3v) is 5.23. The predicted molar refractivity (Wildman–Crippen MR) is 90.2 cm³/mol. The average Bonchev–Trinajstić information content (AvgIpc) is 2.97. The maximum Gasteiger partial charge on any atom is 0.155 e. The molecule has 1 N–H and O–H groups in total. The molecular formula is C19H22N2O. The zero-order chi connectivity index (χ0) is 15.1. The Labute approximate surface area is 131 Å². The first-order chi connectivity index (χ1) is 10.7. The third-order valence-electron chi connectivity index (χ3n) is 5.23. The van der Waals surface area contributed by atoms with Crippen molar-refractivity contribution >= 4 is 17.2 Å². The van der Waals surface area contributed by atoms with Crippen molar-refractivity contribution in [3.63, 3.8) is 0 Å². The van der Waals surface area contributed by atoms with Crippen LogP contribution >= 0.6 is 0 Å². The minimum atomic E-state index is 0.296. The number of rotatable bonds is 2. The molecule has 1 unspecified atom stereocenters. The molecule has 0 fully saturated rings. The van der Waals surface area contributed by atoms with Gasteiger partial charge in [0.2, 0.25) is 0 Å². The molecule has 3 aliphatic rings. The average molecular weight is 294 g/mol. The molecule has 114 valence electrons. The Morgan fingerprint density at radius 3 is 2.86 bits per heavy atom. The molecule has 1 aliphatic heterocycles. The molecule has 4 rings (SSSR count). The normalized spacial score (nSPS) is 23.6. The van der Waals surface area contributed by atoms with E-state index in [1.54, 1.807) is 0 Å². The fourth-order valence-electron chi connectivity index (χ4n) is 3.98. The minimum Gasteiger partial charge on any atom is -0.388 e. The maximum absolute atomic E-state index is 11.7. The van der Waals surface area contributed by atoms with Gasteiger partial charge in [-0.1, -0.05) is 0 Å². The van der Waals surface area contributed by atoms with Gasteiger partial charge in [-0.2, -0.15) is 0 Å². The van der Waals surface area contributed by atoms with Crippen LogP contribution in [0, 0.1) is 5.92 Å². The number of carbonyl (C=O) groups is 1. The zero-order valence-corrected chi connectivity index (χ0v) is 13.1. The van der Waals surface area contributed by atoms with Gasteiger partial charge in [0, 0.05) is 37.1 Å². The summed E-state index contributed by atoms with van der Waals surface area (Å²) in [6, 6.07) is 6.62. The van der Waals surface area contributed by atoms with Crippen LogP contribution in [0.3, 0.4) is 0 Å². The summed E-state index contributed by atoms with van der Waals surface area (Å²) in [5, 5.41) is 3.21. The van der Waals surface area contributed by atoms with E-state index in [1.165, 1.54) is 34.6 Å². The largest absolute Gasteiger partial charge is 0.388 e. The fourth-order valence-corrected chi connectivity index (χ4v) is 3.98. The molecule has 1 heterocycles. The van der Waals surface area contributed by atoms with Crippen LogP contribution in [0.25, 0.3) is 0 Å². The first-order valence-corrected chi connectivity index (χ1v) is 8.28. The van der Waals surface area contributed by atoms with Crippen LogP contribution in [-0.4, -0.2) is 19.4 Å². The van der Waals surface area contributed by atoms with Crippen molar-refractivity contribution < 1.29 is 4.79 Å². The number of benzene rings is 1. The van der Waals surface area contributed by atoms with Crippen molar-refractivity contribution in [2.45, 2.75) is 32.1 Å². The molecule has 1 aromatic carbocycles. The Morgan fingerprint density at radius 2 is 2.00 bits per heavy atom. The molecule has 0 radical (unpaired) electrons. The van der Waals surface area contributed by atoms with Crippen molar-refractivity contribution in [1.29, 1.82) is 0 Å². The van der Waals surface area contributed by atoms with Gasteiger partial charge in [0.25, 0.3) is 0 Å². The number of fused-ring (bicyclic) bond motifs is 2. The van der Waals surface area contributed by atoms with Gasteiger partial charge < -0.3 is 10.2 Å². The highest BCUT2D eigenvalue weighted by molar-refractivity contribution is 5.92. The number of carbonyl (C=O) groups excluding carboxylic acids is 1. The van der Waals surface area contributed by atoms with Crippen molar-refractivity contribution in [3.05, 3.63) is 47.2 Å². The molecule has 1 aromatic rings. The standard InChI is InChI=1S/C19H22N2O/c1-20-16-4-7-19-14(10-16)8-9-21(19)17-5-2-13-3-6-18(22)12-15(13)11-17/h4,7,10-13,20H,2-3,5-6,8-9H2,1H3. The highest BCUT2D eigenvalue weighted by Crippen LogP contribution is 2.40. The quantitative estimate of drug-likeness (QED) is 0.903. The molecule has 2 aliphatic carbocycles. The van der Waals surface area contributed by atoms with Gasteiger partial charge in [-0.15, -0.1) is 0 Å². The summed E-state index contributed by atoms with van der Waals surface area (Å²) in [6.45, 7) is 1.06. The number of allylic oxidation sites excluding steroid dienone is 4. The van der Waals surface area contributed by atoms with Gasteiger partial charge in [-0.25, -0.2) is 0 Å². The summed E-state index contributed by atoms with van der Waals surface area (Å²) in [6.07, 6.45) is 9.35. The first-order valence-electron chi connectivity index (χ1n) is 8.28. The Hall–Kier alpha value is -2.03. The van der Waals surface area contributed by atoms with E-state index in [1.807, 2.05) is 13.1 Å². The van der Waals surface area contributed by atoms with E-state index in [-0.39, 0.29) is 0 Å². The van der Waals surface area contributed by atoms with Gasteiger partial charge in [-0.3, -0.25) is 4.79 Å². The minimum absolute atomic E-state index is 0.296. The molecule has 0 saturated carbocycles. The van der Waals surface area contributed by atoms with E-state index in [4.69, 9.17) is 0 Å². The second-order valence-corrected chi connectivity index (χ2v) is 6.52. The molecule has 0 amide bonds. The van der Waals surface area contributed by atoms with Gasteiger partial charge >= 0.3 is 0 Å². The molecule has 3 heteroatoms. The van der Waals surface area contributed by atoms with Crippen LogP contribution in [0.15, 0.2) is 41.6 Å². The van der Waals surface area contributed by atoms with Crippen molar-refractivity contribution in [2.24, 2.45) is 5.92 Å². The molecule has 22 heavy (non-hydrogen) atoms. The van der Waals surface area contributed by atoms with E-state index in [2.05, 4.69) is 34.5 Å². The van der Waals surface area contributed by atoms with Crippen molar-refractivity contribution in [2.75, 3.05) is 23.8 Å². The van der Waals surface area contributed by atoms with E-state index in [0.717, 1.165) is 32.2 Å². The topological polar surface area (TPSA) is 32.3 Å². The number of nitrogens with one attached hydrogen (secondary N) is 1. The molecule has 1 atom stereocenters. The van der Waals surface area contributed by atoms with Crippen LogP contribution < -0.4 is 10.2 Å². The maximum atomic E-state index is 11.7. The van der Waals surface area contributed by atoms with Gasteiger partial charge in [0.15, 0.2) is 5.78 Å². The second-order valence-electron chi connectivity index (χ2n) is 6.52. The zero-order valence-electron chi connectivity index (χ0n) is 13.1. The Balaban J connectivity index is 1.66. The van der Waals surface area contributed by atoms with E-state index < -0.39 is 0 Å². The van der Waals surface area contributed by atoms with Crippen LogP contribution in [0.2, 0.25) is 0 Å². The van der Waals surface area contributed by atoms with E-state index in [9.17, 15) is 4.79 Å². The monoisotopic (exact) mass is 294 g/mol. The lowest BCUT2D eigenvalue weighted by Crippen LogP contribution is -2.25. The summed E-state index contributed by atoms with van der Waals surface area (Å²) in [5.41, 5.74) is 6.58. The van der Waals surface area contributed by atoms with Crippen LogP contribution in [-0.2, 0) is 11.2 Å². The van der Waals surface area contributed by atoms with E-state index in [0.29, 0.717) is 11.7 Å². The molecule has 0 bridgehead atoms. The molecule has 0 spiro atoms. The Bertz CT molecular complexity index is 687. The number of hydrogen-bond acceptors (Lipinski definition) is 3.